The van der Waals surface area contributed by atoms with Crippen LogP contribution in [-0.2, 0) is 4.74 Å². The number of methoxy groups -OCH3 is 1. The summed E-state index contributed by atoms with van der Waals surface area (Å²) < 4.78 is 8.37. The van der Waals surface area contributed by atoms with E-state index in [4.69, 9.17) is 4.74 Å². The van der Waals surface area contributed by atoms with Crippen molar-refractivity contribution in [2.24, 2.45) is 0 Å². The summed E-state index contributed by atoms with van der Waals surface area (Å²) >= 11 is 1.63. The fraction of sp³-hybridized carbons (Fsp3) is 0.250. The Kier molecular flexibility index (Phi) is 1.85. The second-order valence-corrected chi connectivity index (χ2v) is 3.25. The molecule has 0 saturated carbocycles. The van der Waals surface area contributed by atoms with Gasteiger partial charge in [0.25, 0.3) is 0 Å². The van der Waals surface area contributed by atoms with E-state index in [1.807, 2.05) is 12.1 Å². The van der Waals surface area contributed by atoms with Crippen LogP contribution in [0, 0.1) is 0 Å². The number of fused-ring (bicyclic) bond motifs is 1. The number of benzene rings is 1. The molecule has 3 heteroatoms. The lowest BCUT2D eigenvalue weighted by atomic mass is 10.2. The fourth-order valence-electron chi connectivity index (χ4n) is 1.15. The summed E-state index contributed by atoms with van der Waals surface area (Å²) in [4.78, 5) is 1.26. The zero-order chi connectivity index (χ0) is 7.68. The van der Waals surface area contributed by atoms with Gasteiger partial charge in [0, 0.05) is 17.6 Å². The van der Waals surface area contributed by atoms with Gasteiger partial charge in [0.2, 0.25) is 0 Å². The summed E-state index contributed by atoms with van der Waals surface area (Å²) in [7, 11) is 1.71. The summed E-state index contributed by atoms with van der Waals surface area (Å²) in [6.07, 6.45) is 0.0659. The topological polar surface area (TPSA) is 21.3 Å². The van der Waals surface area contributed by atoms with Gasteiger partial charge < -0.3 is 4.74 Å². The van der Waals surface area contributed by atoms with Gasteiger partial charge in [0.1, 0.15) is 6.23 Å². The van der Waals surface area contributed by atoms with Gasteiger partial charge in [0.05, 0.1) is 0 Å². The van der Waals surface area contributed by atoms with Crippen LogP contribution in [0.5, 0.6) is 0 Å². The molecule has 1 aliphatic heterocycles. The third-order valence-corrected chi connectivity index (χ3v) is 2.64. The second-order valence-electron chi connectivity index (χ2n) is 2.37. The van der Waals surface area contributed by atoms with Crippen molar-refractivity contribution in [3.05, 3.63) is 29.8 Å². The van der Waals surface area contributed by atoms with Gasteiger partial charge in [-0.2, -0.15) is 0 Å². The minimum atomic E-state index is 0.0659. The van der Waals surface area contributed by atoms with Gasteiger partial charge in [0.15, 0.2) is 0 Å². The highest BCUT2D eigenvalue weighted by Crippen LogP contribution is 2.34. The van der Waals surface area contributed by atoms with Crippen LogP contribution in [0.3, 0.4) is 0 Å². The molecule has 0 aromatic heterocycles. The van der Waals surface area contributed by atoms with Crippen molar-refractivity contribution < 1.29 is 4.74 Å². The predicted molar refractivity (Wildman–Crippen MR) is 45.2 cm³/mol. The predicted octanol–water partition coefficient (Wildman–Crippen LogP) is 1.94. The molecule has 0 amide bonds. The van der Waals surface area contributed by atoms with Crippen LogP contribution in [-0.4, -0.2) is 7.11 Å². The van der Waals surface area contributed by atoms with Crippen LogP contribution >= 0.6 is 11.9 Å². The molecule has 0 radical (unpaired) electrons. The van der Waals surface area contributed by atoms with Crippen LogP contribution in [0.1, 0.15) is 11.8 Å². The molecule has 1 atom stereocenters. The smallest absolute Gasteiger partial charge is 0.144 e. The molecule has 1 aromatic rings. The number of nitrogens with one attached hydrogen (secondary N) is 1. The molecule has 1 heterocycles. The summed E-state index contributed by atoms with van der Waals surface area (Å²) in [6.45, 7) is 0. The maximum Gasteiger partial charge on any atom is 0.144 e. The molecule has 0 aliphatic carbocycles. The third-order valence-electron chi connectivity index (χ3n) is 1.71. The number of ether oxygens (including phenoxy) is 1. The SMILES string of the molecule is COC1NSc2ccccc21. The molecule has 58 valence electrons. The summed E-state index contributed by atoms with van der Waals surface area (Å²) in [5.41, 5.74) is 1.24. The Morgan fingerprint density at radius 2 is 2.27 bits per heavy atom. The summed E-state index contributed by atoms with van der Waals surface area (Å²) in [5, 5.41) is 0. The average molecular weight is 167 g/mol. The summed E-state index contributed by atoms with van der Waals surface area (Å²) in [5.74, 6) is 0. The molecule has 1 unspecified atom stereocenters. The molecule has 1 aromatic carbocycles. The monoisotopic (exact) mass is 167 g/mol. The molecule has 2 nitrogen and oxygen atoms in total. The largest absolute Gasteiger partial charge is 0.361 e. The number of hydrogen-bond acceptors (Lipinski definition) is 3. The highest BCUT2D eigenvalue weighted by Gasteiger charge is 2.20. The Morgan fingerprint density at radius 3 is 3.09 bits per heavy atom. The van der Waals surface area contributed by atoms with E-state index in [-0.39, 0.29) is 6.23 Å². The maximum atomic E-state index is 5.21. The minimum absolute atomic E-state index is 0.0659. The zero-order valence-corrected chi connectivity index (χ0v) is 7.02. The van der Waals surface area contributed by atoms with E-state index in [0.29, 0.717) is 0 Å². The van der Waals surface area contributed by atoms with Crippen molar-refractivity contribution in [1.29, 1.82) is 0 Å². The molecule has 0 fully saturated rings. The Bertz CT molecular complexity index is 264. The molecule has 2 rings (SSSR count). The first-order valence-electron chi connectivity index (χ1n) is 3.46. The van der Waals surface area contributed by atoms with Gasteiger partial charge in [-0.1, -0.05) is 18.2 Å². The molecule has 0 saturated heterocycles. The first-order chi connectivity index (χ1) is 5.42. The highest BCUT2D eigenvalue weighted by atomic mass is 32.2. The molecular formula is C8H9NOS. The van der Waals surface area contributed by atoms with E-state index < -0.39 is 0 Å². The first-order valence-corrected chi connectivity index (χ1v) is 4.27. The molecule has 0 spiro atoms. The van der Waals surface area contributed by atoms with E-state index in [1.54, 1.807) is 19.1 Å². The van der Waals surface area contributed by atoms with Crippen LogP contribution in [0.2, 0.25) is 0 Å². The van der Waals surface area contributed by atoms with Gasteiger partial charge in [-0.05, 0) is 18.0 Å². The average Bonchev–Trinajstić information content (AvgIpc) is 2.47. The van der Waals surface area contributed by atoms with E-state index in [0.717, 1.165) is 0 Å². The second kappa shape index (κ2) is 2.85. The van der Waals surface area contributed by atoms with Crippen molar-refractivity contribution in [3.8, 4) is 0 Å². The summed E-state index contributed by atoms with van der Waals surface area (Å²) in [6, 6.07) is 8.23. The Morgan fingerprint density at radius 1 is 1.45 bits per heavy atom. The minimum Gasteiger partial charge on any atom is -0.361 e. The molecule has 0 bridgehead atoms. The first kappa shape index (κ1) is 7.16. The van der Waals surface area contributed by atoms with E-state index in [1.165, 1.54) is 10.5 Å². The van der Waals surface area contributed by atoms with Gasteiger partial charge in [-0.3, -0.25) is 0 Å². The Labute approximate surface area is 70.1 Å². The van der Waals surface area contributed by atoms with Crippen molar-refractivity contribution in [2.45, 2.75) is 11.1 Å². The number of hydrogen-bond donors (Lipinski definition) is 1. The van der Waals surface area contributed by atoms with E-state index >= 15 is 0 Å². The van der Waals surface area contributed by atoms with Crippen LogP contribution < -0.4 is 4.72 Å². The lowest BCUT2D eigenvalue weighted by Gasteiger charge is -2.06. The highest BCUT2D eigenvalue weighted by molar-refractivity contribution is 7.97. The van der Waals surface area contributed by atoms with E-state index in [9.17, 15) is 0 Å². The lowest BCUT2D eigenvalue weighted by molar-refractivity contribution is 0.0986. The van der Waals surface area contributed by atoms with Crippen molar-refractivity contribution in [3.63, 3.8) is 0 Å². The van der Waals surface area contributed by atoms with Gasteiger partial charge in [-0.15, -0.1) is 0 Å². The van der Waals surface area contributed by atoms with Crippen molar-refractivity contribution in [1.82, 2.24) is 4.72 Å². The van der Waals surface area contributed by atoms with Crippen molar-refractivity contribution in [2.75, 3.05) is 7.11 Å². The van der Waals surface area contributed by atoms with Gasteiger partial charge in [-0.25, -0.2) is 4.72 Å². The standard InChI is InChI=1S/C8H9NOS/c1-10-8-6-4-2-3-5-7(6)11-9-8/h2-5,8-9H,1H3. The Balaban J connectivity index is 2.39. The molecule has 1 aliphatic rings. The van der Waals surface area contributed by atoms with Crippen LogP contribution in [0.25, 0.3) is 0 Å². The molecular weight excluding hydrogens is 158 g/mol. The lowest BCUT2D eigenvalue weighted by Crippen LogP contribution is -2.08. The zero-order valence-electron chi connectivity index (χ0n) is 6.20. The third kappa shape index (κ3) is 1.15. The van der Waals surface area contributed by atoms with Crippen LogP contribution in [0.4, 0.5) is 0 Å². The number of rotatable bonds is 1. The van der Waals surface area contributed by atoms with Gasteiger partial charge >= 0.3 is 0 Å². The normalized spacial score (nSPS) is 21.7. The Hall–Kier alpha value is -0.510. The maximum absolute atomic E-state index is 5.21. The van der Waals surface area contributed by atoms with Crippen LogP contribution in [0.15, 0.2) is 29.2 Å². The molecule has 1 N–H and O–H groups in total. The fourth-order valence-corrected chi connectivity index (χ4v) is 2.04. The quantitative estimate of drug-likeness (QED) is 0.646. The molecule has 11 heavy (non-hydrogen) atoms. The van der Waals surface area contributed by atoms with E-state index in [2.05, 4.69) is 16.9 Å². The van der Waals surface area contributed by atoms with Crippen molar-refractivity contribution >= 4 is 11.9 Å².